The predicted molar refractivity (Wildman–Crippen MR) is 117 cm³/mol. The molecule has 2 aromatic carbocycles. The van der Waals surface area contributed by atoms with Crippen LogP contribution in [0.4, 0.5) is 11.6 Å². The summed E-state index contributed by atoms with van der Waals surface area (Å²) in [5.74, 6) is 3.24. The summed E-state index contributed by atoms with van der Waals surface area (Å²) < 4.78 is 5.43. The van der Waals surface area contributed by atoms with Gasteiger partial charge in [0.25, 0.3) is 0 Å². The summed E-state index contributed by atoms with van der Waals surface area (Å²) in [5, 5.41) is 3.37. The third-order valence-electron chi connectivity index (χ3n) is 4.69. The molecule has 0 fully saturated rings. The van der Waals surface area contributed by atoms with Crippen LogP contribution in [-0.2, 0) is 13.1 Å². The van der Waals surface area contributed by atoms with Gasteiger partial charge < -0.3 is 14.6 Å². The minimum atomic E-state index is 0.572. The lowest BCUT2D eigenvalue weighted by Crippen LogP contribution is -2.23. The lowest BCUT2D eigenvalue weighted by Gasteiger charge is -2.23. The highest BCUT2D eigenvalue weighted by molar-refractivity contribution is 5.61. The predicted octanol–water partition coefficient (Wildman–Crippen LogP) is 5.38. The SMILES string of the molecule is CCN(Cc1ccccc1)c1cc(NCc2ccco2)nc(-c2ccccc2)n1. The topological polar surface area (TPSA) is 54.2 Å². The Labute approximate surface area is 171 Å². The minimum Gasteiger partial charge on any atom is -0.467 e. The van der Waals surface area contributed by atoms with Crippen molar-refractivity contribution < 1.29 is 4.42 Å². The number of hydrogen-bond acceptors (Lipinski definition) is 5. The van der Waals surface area contributed by atoms with Gasteiger partial charge in [-0.25, -0.2) is 9.97 Å². The Hall–Kier alpha value is -3.60. The van der Waals surface area contributed by atoms with Crippen LogP contribution in [0.1, 0.15) is 18.2 Å². The molecule has 0 amide bonds. The fourth-order valence-corrected chi connectivity index (χ4v) is 3.15. The first-order chi connectivity index (χ1) is 14.3. The highest BCUT2D eigenvalue weighted by Crippen LogP contribution is 2.24. The summed E-state index contributed by atoms with van der Waals surface area (Å²) in [7, 11) is 0. The molecular weight excluding hydrogens is 360 g/mol. The van der Waals surface area contributed by atoms with Crippen LogP contribution >= 0.6 is 0 Å². The van der Waals surface area contributed by atoms with Crippen LogP contribution < -0.4 is 10.2 Å². The van der Waals surface area contributed by atoms with Gasteiger partial charge in [0.2, 0.25) is 0 Å². The average Bonchev–Trinajstić information content (AvgIpc) is 3.31. The number of hydrogen-bond donors (Lipinski definition) is 1. The van der Waals surface area contributed by atoms with Crippen molar-refractivity contribution in [1.82, 2.24) is 9.97 Å². The number of aromatic nitrogens is 2. The van der Waals surface area contributed by atoms with Crippen LogP contribution in [0, 0.1) is 0 Å². The maximum absolute atomic E-state index is 5.43. The molecule has 0 bridgehead atoms. The van der Waals surface area contributed by atoms with E-state index in [1.807, 2.05) is 54.6 Å². The lowest BCUT2D eigenvalue weighted by atomic mass is 10.2. The van der Waals surface area contributed by atoms with E-state index < -0.39 is 0 Å². The van der Waals surface area contributed by atoms with Crippen molar-refractivity contribution in [2.75, 3.05) is 16.8 Å². The van der Waals surface area contributed by atoms with E-state index in [1.165, 1.54) is 5.56 Å². The first-order valence-electron chi connectivity index (χ1n) is 9.81. The second-order valence-electron chi connectivity index (χ2n) is 6.73. The second-order valence-corrected chi connectivity index (χ2v) is 6.73. The fourth-order valence-electron chi connectivity index (χ4n) is 3.15. The van der Waals surface area contributed by atoms with E-state index in [9.17, 15) is 0 Å². The molecule has 0 atom stereocenters. The molecular formula is C24H24N4O. The Bertz CT molecular complexity index is 1020. The molecule has 4 rings (SSSR count). The van der Waals surface area contributed by atoms with Crippen molar-refractivity contribution in [3.8, 4) is 11.4 Å². The molecule has 0 aliphatic carbocycles. The van der Waals surface area contributed by atoms with E-state index in [-0.39, 0.29) is 0 Å². The van der Waals surface area contributed by atoms with E-state index in [4.69, 9.17) is 14.4 Å². The van der Waals surface area contributed by atoms with Crippen molar-refractivity contribution in [1.29, 1.82) is 0 Å². The van der Waals surface area contributed by atoms with Gasteiger partial charge in [-0.1, -0.05) is 60.7 Å². The number of benzene rings is 2. The summed E-state index contributed by atoms with van der Waals surface area (Å²) in [6.07, 6.45) is 1.68. The summed E-state index contributed by atoms with van der Waals surface area (Å²) in [6, 6.07) is 26.3. The first kappa shape index (κ1) is 18.7. The fraction of sp³-hybridized carbons (Fsp3) is 0.167. The second kappa shape index (κ2) is 9.06. The normalized spacial score (nSPS) is 10.7. The van der Waals surface area contributed by atoms with Gasteiger partial charge in [-0.3, -0.25) is 0 Å². The third-order valence-corrected chi connectivity index (χ3v) is 4.69. The van der Waals surface area contributed by atoms with Crippen molar-refractivity contribution in [3.63, 3.8) is 0 Å². The van der Waals surface area contributed by atoms with E-state index in [0.29, 0.717) is 12.4 Å². The average molecular weight is 384 g/mol. The molecule has 5 heteroatoms. The zero-order chi connectivity index (χ0) is 19.9. The van der Waals surface area contributed by atoms with Crippen molar-refractivity contribution in [3.05, 3.63) is 96.4 Å². The van der Waals surface area contributed by atoms with E-state index in [1.54, 1.807) is 6.26 Å². The number of nitrogens with one attached hydrogen (secondary N) is 1. The van der Waals surface area contributed by atoms with Crippen LogP contribution in [0.3, 0.4) is 0 Å². The molecule has 0 aliphatic rings. The molecule has 0 radical (unpaired) electrons. The van der Waals surface area contributed by atoms with Gasteiger partial charge in [0, 0.05) is 24.7 Å². The first-order valence-corrected chi connectivity index (χ1v) is 9.81. The Morgan fingerprint density at radius 3 is 2.34 bits per heavy atom. The van der Waals surface area contributed by atoms with Crippen molar-refractivity contribution in [2.45, 2.75) is 20.0 Å². The molecule has 0 aliphatic heterocycles. The van der Waals surface area contributed by atoms with Gasteiger partial charge in [0.05, 0.1) is 12.8 Å². The molecule has 29 heavy (non-hydrogen) atoms. The number of rotatable bonds is 8. The van der Waals surface area contributed by atoms with Gasteiger partial charge in [-0.2, -0.15) is 0 Å². The maximum Gasteiger partial charge on any atom is 0.163 e. The van der Waals surface area contributed by atoms with Crippen LogP contribution in [0.5, 0.6) is 0 Å². The Balaban J connectivity index is 1.66. The highest BCUT2D eigenvalue weighted by Gasteiger charge is 2.13. The van der Waals surface area contributed by atoms with Crippen molar-refractivity contribution in [2.24, 2.45) is 0 Å². The molecule has 2 aromatic heterocycles. The molecule has 0 unspecified atom stereocenters. The molecule has 146 valence electrons. The molecule has 5 nitrogen and oxygen atoms in total. The largest absolute Gasteiger partial charge is 0.467 e. The molecule has 2 heterocycles. The number of furan rings is 1. The van der Waals surface area contributed by atoms with E-state index in [2.05, 4.69) is 41.4 Å². The highest BCUT2D eigenvalue weighted by atomic mass is 16.3. The third kappa shape index (κ3) is 4.82. The van der Waals surface area contributed by atoms with Crippen LogP contribution in [0.25, 0.3) is 11.4 Å². The summed E-state index contributed by atoms with van der Waals surface area (Å²) in [6.45, 7) is 4.35. The Kier molecular flexibility index (Phi) is 5.86. The van der Waals surface area contributed by atoms with Gasteiger partial charge in [0.15, 0.2) is 5.82 Å². The van der Waals surface area contributed by atoms with Gasteiger partial charge in [-0.15, -0.1) is 0 Å². The van der Waals surface area contributed by atoms with Gasteiger partial charge in [0.1, 0.15) is 17.4 Å². The molecule has 1 N–H and O–H groups in total. The summed E-state index contributed by atoms with van der Waals surface area (Å²) in [4.78, 5) is 11.9. The smallest absolute Gasteiger partial charge is 0.163 e. The molecule has 0 saturated carbocycles. The van der Waals surface area contributed by atoms with Gasteiger partial charge in [-0.05, 0) is 24.6 Å². The standard InChI is InChI=1S/C24H24N4O/c1-2-28(18-19-10-5-3-6-11-19)23-16-22(25-17-21-14-9-15-29-21)26-24(27-23)20-12-7-4-8-13-20/h3-16H,2,17-18H2,1H3,(H,25,26,27). The maximum atomic E-state index is 5.43. The molecule has 0 saturated heterocycles. The minimum absolute atomic E-state index is 0.572. The monoisotopic (exact) mass is 384 g/mol. The van der Waals surface area contributed by atoms with Gasteiger partial charge >= 0.3 is 0 Å². The Morgan fingerprint density at radius 2 is 1.66 bits per heavy atom. The van der Waals surface area contributed by atoms with Crippen molar-refractivity contribution >= 4 is 11.6 Å². The quantitative estimate of drug-likeness (QED) is 0.442. The van der Waals surface area contributed by atoms with Crippen LogP contribution in [0.15, 0.2) is 89.5 Å². The number of nitrogens with zero attached hydrogens (tertiary/aromatic N) is 3. The van der Waals surface area contributed by atoms with Crippen LogP contribution in [0.2, 0.25) is 0 Å². The molecule has 4 aromatic rings. The zero-order valence-electron chi connectivity index (χ0n) is 16.5. The lowest BCUT2D eigenvalue weighted by molar-refractivity contribution is 0.518. The summed E-state index contributed by atoms with van der Waals surface area (Å²) >= 11 is 0. The molecule has 0 spiro atoms. The van der Waals surface area contributed by atoms with E-state index in [0.717, 1.165) is 36.0 Å². The zero-order valence-corrected chi connectivity index (χ0v) is 16.5. The Morgan fingerprint density at radius 1 is 0.897 bits per heavy atom. The summed E-state index contributed by atoms with van der Waals surface area (Å²) in [5.41, 5.74) is 2.24. The van der Waals surface area contributed by atoms with Crippen LogP contribution in [-0.4, -0.2) is 16.5 Å². The van der Waals surface area contributed by atoms with E-state index >= 15 is 0 Å². The number of anilines is 2.